The molecule has 3 unspecified atom stereocenters. The number of H-pyrrole nitrogens is 1. The number of carbonyl (C=O) groups is 1. The normalized spacial score (nSPS) is 25.8. The van der Waals surface area contributed by atoms with E-state index in [0.29, 0.717) is 28.2 Å². The number of Topliss-reactive ketones (excluding diaryl/α,β-unsaturated/α-hetero) is 1. The molecule has 0 amide bonds. The van der Waals surface area contributed by atoms with Gasteiger partial charge in [-0.25, -0.2) is 4.98 Å². The minimum Gasteiger partial charge on any atom is -0.366 e. The molecule has 28 heavy (non-hydrogen) atoms. The molecule has 1 aliphatic heterocycles. The van der Waals surface area contributed by atoms with Crippen molar-refractivity contribution in [3.05, 3.63) is 51.8 Å². The summed E-state index contributed by atoms with van der Waals surface area (Å²) in [6.07, 6.45) is 1.43. The lowest BCUT2D eigenvalue weighted by atomic mass is 9.62. The smallest absolute Gasteiger partial charge is 0.257 e. The number of benzene rings is 1. The molecule has 3 atom stereocenters. The van der Waals surface area contributed by atoms with E-state index in [0.717, 1.165) is 12.0 Å². The molecular weight excluding hydrogens is 370 g/mol. The summed E-state index contributed by atoms with van der Waals surface area (Å²) in [5.74, 6) is 0.357. The molecular formula is C22H27N3O2S. The van der Waals surface area contributed by atoms with E-state index < -0.39 is 0 Å². The van der Waals surface area contributed by atoms with E-state index in [1.165, 1.54) is 11.8 Å². The van der Waals surface area contributed by atoms with E-state index in [2.05, 4.69) is 38.0 Å². The average molecular weight is 398 g/mol. The van der Waals surface area contributed by atoms with Gasteiger partial charge in [0.2, 0.25) is 0 Å². The summed E-state index contributed by atoms with van der Waals surface area (Å²) in [5.41, 5.74) is 1.39. The Labute approximate surface area is 169 Å². The highest BCUT2D eigenvalue weighted by Gasteiger charge is 2.49. The minimum atomic E-state index is -0.264. The van der Waals surface area contributed by atoms with Crippen LogP contribution in [0.15, 0.2) is 40.3 Å². The molecule has 148 valence electrons. The van der Waals surface area contributed by atoms with Crippen LogP contribution in [-0.4, -0.2) is 27.0 Å². The van der Waals surface area contributed by atoms with Gasteiger partial charge in [-0.1, -0.05) is 69.8 Å². The molecule has 1 aromatic heterocycles. The van der Waals surface area contributed by atoms with Crippen molar-refractivity contribution in [3.8, 4) is 0 Å². The number of thioether (sulfide) groups is 1. The van der Waals surface area contributed by atoms with Crippen LogP contribution in [0.25, 0.3) is 0 Å². The molecule has 1 aliphatic carbocycles. The largest absolute Gasteiger partial charge is 0.366 e. The maximum Gasteiger partial charge on any atom is 0.257 e. The highest BCUT2D eigenvalue weighted by Crippen LogP contribution is 2.48. The number of anilines is 1. The number of nitrogens with one attached hydrogen (secondary N) is 2. The summed E-state index contributed by atoms with van der Waals surface area (Å²) < 4.78 is 0. The third-order valence-corrected chi connectivity index (χ3v) is 6.55. The molecule has 6 heteroatoms. The number of aromatic nitrogens is 2. The van der Waals surface area contributed by atoms with Crippen LogP contribution in [0.1, 0.15) is 57.6 Å². The Hall–Kier alpha value is -2.08. The maximum atomic E-state index is 13.2. The molecule has 2 N–H and O–H groups in total. The highest BCUT2D eigenvalue weighted by atomic mass is 32.2. The van der Waals surface area contributed by atoms with Crippen molar-refractivity contribution in [2.45, 2.75) is 62.9 Å². The van der Waals surface area contributed by atoms with E-state index in [-0.39, 0.29) is 34.6 Å². The lowest BCUT2D eigenvalue weighted by Gasteiger charge is -2.46. The maximum absolute atomic E-state index is 13.2. The summed E-state index contributed by atoms with van der Waals surface area (Å²) in [5, 5.41) is 4.41. The summed E-state index contributed by atoms with van der Waals surface area (Å²) in [6, 6.07) is 9.90. The summed E-state index contributed by atoms with van der Waals surface area (Å²) >= 11 is 1.54. The van der Waals surface area contributed by atoms with Crippen LogP contribution >= 0.6 is 11.8 Å². The number of hydrogen-bond acceptors (Lipinski definition) is 5. The quantitative estimate of drug-likeness (QED) is 0.600. The van der Waals surface area contributed by atoms with Crippen LogP contribution in [0.5, 0.6) is 0 Å². The third-order valence-electron chi connectivity index (χ3n) is 5.66. The second-order valence-corrected chi connectivity index (χ2v) is 10.5. The summed E-state index contributed by atoms with van der Waals surface area (Å²) in [6.45, 7) is 8.42. The highest BCUT2D eigenvalue weighted by molar-refractivity contribution is 7.99. The molecule has 0 spiro atoms. The fraction of sp³-hybridized carbons (Fsp3) is 0.500. The molecule has 2 heterocycles. The van der Waals surface area contributed by atoms with Gasteiger partial charge in [0.15, 0.2) is 5.16 Å². The van der Waals surface area contributed by atoms with Gasteiger partial charge in [-0.2, -0.15) is 0 Å². The first-order valence-electron chi connectivity index (χ1n) is 9.90. The monoisotopic (exact) mass is 397 g/mol. The predicted molar refractivity (Wildman–Crippen MR) is 113 cm³/mol. The van der Waals surface area contributed by atoms with E-state index in [1.54, 1.807) is 0 Å². The van der Waals surface area contributed by atoms with Gasteiger partial charge >= 0.3 is 0 Å². The zero-order chi connectivity index (χ0) is 20.1. The molecule has 4 rings (SSSR count). The standard InChI is InChI=1S/C22H27N3O2S/c1-12(2)28-21-24-19-18(20(27)25-21)16(13-8-6-5-7-9-13)17-14(23-19)10-22(3,4)11-15(17)26/h5-9,12,14,16-17H,10-11H2,1-4H3,(H2,23,24,25,27). The Kier molecular flexibility index (Phi) is 4.86. The Morgan fingerprint density at radius 3 is 2.57 bits per heavy atom. The van der Waals surface area contributed by atoms with Crippen molar-refractivity contribution in [2.75, 3.05) is 5.32 Å². The topological polar surface area (TPSA) is 74.8 Å². The molecule has 1 saturated carbocycles. The molecule has 2 aliphatic rings. The van der Waals surface area contributed by atoms with Crippen LogP contribution in [0.2, 0.25) is 0 Å². The number of carbonyl (C=O) groups excluding carboxylic acids is 1. The summed E-state index contributed by atoms with van der Waals surface area (Å²) in [4.78, 5) is 34.0. The van der Waals surface area contributed by atoms with Crippen molar-refractivity contribution in [2.24, 2.45) is 11.3 Å². The zero-order valence-electron chi connectivity index (χ0n) is 16.8. The Bertz CT molecular complexity index is 952. The molecule has 2 aromatic rings. The van der Waals surface area contributed by atoms with Gasteiger partial charge in [-0.3, -0.25) is 9.59 Å². The van der Waals surface area contributed by atoms with E-state index >= 15 is 0 Å². The van der Waals surface area contributed by atoms with Gasteiger partial charge in [-0.15, -0.1) is 0 Å². The van der Waals surface area contributed by atoms with Crippen LogP contribution in [-0.2, 0) is 4.79 Å². The SMILES string of the molecule is CC(C)Sc1nc2c(c(=O)[nH]1)C(c1ccccc1)C1C(=O)CC(C)(C)CC1N2. The Balaban J connectivity index is 1.88. The van der Waals surface area contributed by atoms with Gasteiger partial charge in [0.05, 0.1) is 5.56 Å². The minimum absolute atomic E-state index is 0.0137. The first-order valence-corrected chi connectivity index (χ1v) is 10.8. The first-order chi connectivity index (χ1) is 13.2. The number of fused-ring (bicyclic) bond motifs is 2. The van der Waals surface area contributed by atoms with Crippen LogP contribution in [0.3, 0.4) is 0 Å². The van der Waals surface area contributed by atoms with Crippen molar-refractivity contribution in [1.82, 2.24) is 9.97 Å². The van der Waals surface area contributed by atoms with E-state index in [9.17, 15) is 9.59 Å². The van der Waals surface area contributed by atoms with Gasteiger partial charge in [-0.05, 0) is 17.4 Å². The first kappa shape index (κ1) is 19.2. The van der Waals surface area contributed by atoms with Crippen molar-refractivity contribution in [3.63, 3.8) is 0 Å². The second kappa shape index (κ2) is 7.07. The van der Waals surface area contributed by atoms with Crippen molar-refractivity contribution >= 4 is 23.4 Å². The van der Waals surface area contributed by atoms with Gasteiger partial charge in [0.25, 0.3) is 5.56 Å². The van der Waals surface area contributed by atoms with Gasteiger partial charge in [0.1, 0.15) is 11.6 Å². The molecule has 0 saturated heterocycles. The predicted octanol–water partition coefficient (Wildman–Crippen LogP) is 4.20. The van der Waals surface area contributed by atoms with Crippen LogP contribution < -0.4 is 10.9 Å². The lowest BCUT2D eigenvalue weighted by Crippen LogP contribution is -2.51. The number of aromatic amines is 1. The number of nitrogens with zero attached hydrogens (tertiary/aromatic N) is 1. The lowest BCUT2D eigenvalue weighted by molar-refractivity contribution is -0.129. The van der Waals surface area contributed by atoms with Crippen molar-refractivity contribution in [1.29, 1.82) is 0 Å². The van der Waals surface area contributed by atoms with Gasteiger partial charge in [0, 0.05) is 29.5 Å². The Morgan fingerprint density at radius 1 is 1.18 bits per heavy atom. The van der Waals surface area contributed by atoms with E-state index in [4.69, 9.17) is 4.98 Å². The number of hydrogen-bond donors (Lipinski definition) is 2. The van der Waals surface area contributed by atoms with Crippen LogP contribution in [0, 0.1) is 11.3 Å². The second-order valence-electron chi connectivity index (χ2n) is 8.98. The fourth-order valence-corrected chi connectivity index (χ4v) is 5.44. The molecule has 1 aromatic carbocycles. The number of ketones is 1. The molecule has 1 fully saturated rings. The average Bonchev–Trinajstić information content (AvgIpc) is 2.59. The number of rotatable bonds is 3. The third kappa shape index (κ3) is 3.50. The Morgan fingerprint density at radius 2 is 1.89 bits per heavy atom. The van der Waals surface area contributed by atoms with Crippen LogP contribution in [0.4, 0.5) is 5.82 Å². The van der Waals surface area contributed by atoms with E-state index in [1.807, 2.05) is 30.3 Å². The summed E-state index contributed by atoms with van der Waals surface area (Å²) in [7, 11) is 0. The van der Waals surface area contributed by atoms with Crippen molar-refractivity contribution < 1.29 is 4.79 Å². The zero-order valence-corrected chi connectivity index (χ0v) is 17.6. The molecule has 0 bridgehead atoms. The van der Waals surface area contributed by atoms with Gasteiger partial charge < -0.3 is 10.3 Å². The molecule has 0 radical (unpaired) electrons. The molecule has 5 nitrogen and oxygen atoms in total. The fourth-order valence-electron chi connectivity index (χ4n) is 4.70.